The summed E-state index contributed by atoms with van der Waals surface area (Å²) >= 11 is 0. The van der Waals surface area contributed by atoms with Crippen molar-refractivity contribution in [1.82, 2.24) is 4.90 Å². The van der Waals surface area contributed by atoms with Gasteiger partial charge in [0.25, 0.3) is 0 Å². The van der Waals surface area contributed by atoms with Crippen molar-refractivity contribution in [2.45, 2.75) is 53.0 Å². The first-order valence-corrected chi connectivity index (χ1v) is 5.96. The minimum absolute atomic E-state index is 0.0892. The molecule has 0 aromatic heterocycles. The Morgan fingerprint density at radius 2 is 2.07 bits per heavy atom. The molecule has 0 saturated carbocycles. The molecule has 88 valence electrons. The molecule has 1 atom stereocenters. The average molecular weight is 211 g/mol. The van der Waals surface area contributed by atoms with Crippen molar-refractivity contribution in [2.24, 2.45) is 16.4 Å². The molecule has 0 aromatic carbocycles. The van der Waals surface area contributed by atoms with Gasteiger partial charge in [-0.3, -0.25) is 4.90 Å². The van der Waals surface area contributed by atoms with Crippen molar-refractivity contribution in [3.63, 3.8) is 0 Å². The number of hydrogen-bond acceptors (Lipinski definition) is 3. The first-order valence-electron chi connectivity index (χ1n) is 5.96. The van der Waals surface area contributed by atoms with Gasteiger partial charge in [0.2, 0.25) is 0 Å². The van der Waals surface area contributed by atoms with Crippen LogP contribution in [0.5, 0.6) is 0 Å². The Bertz CT molecular complexity index is 228. The molecule has 1 rings (SSSR count). The van der Waals surface area contributed by atoms with E-state index in [0.717, 1.165) is 12.3 Å². The zero-order valence-electron chi connectivity index (χ0n) is 10.6. The lowest BCUT2D eigenvalue weighted by atomic mass is 9.89. The van der Waals surface area contributed by atoms with Crippen LogP contribution in [-0.4, -0.2) is 29.7 Å². The number of hydrazone groups is 1. The van der Waals surface area contributed by atoms with E-state index in [1.165, 1.54) is 25.8 Å². The number of likely N-dealkylation sites (tertiary alicyclic amines) is 1. The highest BCUT2D eigenvalue weighted by Crippen LogP contribution is 2.21. The maximum atomic E-state index is 5.48. The summed E-state index contributed by atoms with van der Waals surface area (Å²) < 4.78 is 0. The largest absolute Gasteiger partial charge is 0.323 e. The third-order valence-corrected chi connectivity index (χ3v) is 3.32. The molecule has 0 amide bonds. The lowest BCUT2D eigenvalue weighted by Crippen LogP contribution is -2.44. The Kier molecular flexibility index (Phi) is 4.14. The van der Waals surface area contributed by atoms with Crippen LogP contribution in [0.4, 0.5) is 0 Å². The molecule has 2 N–H and O–H groups in total. The van der Waals surface area contributed by atoms with Gasteiger partial charge in [-0.15, -0.1) is 0 Å². The summed E-state index contributed by atoms with van der Waals surface area (Å²) in [6.07, 6.45) is 3.98. The van der Waals surface area contributed by atoms with E-state index >= 15 is 0 Å². The molecule has 1 heterocycles. The Labute approximate surface area is 93.7 Å². The molecule has 3 heteroatoms. The molecule has 0 radical (unpaired) electrons. The predicted octanol–water partition coefficient (Wildman–Crippen LogP) is 2.22. The zero-order valence-corrected chi connectivity index (χ0v) is 10.6. The zero-order chi connectivity index (χ0) is 11.5. The minimum atomic E-state index is 0.0892. The van der Waals surface area contributed by atoms with Gasteiger partial charge in [-0.2, -0.15) is 5.10 Å². The lowest BCUT2D eigenvalue weighted by molar-refractivity contribution is 0.181. The van der Waals surface area contributed by atoms with Crippen molar-refractivity contribution in [2.75, 3.05) is 13.1 Å². The van der Waals surface area contributed by atoms with Crippen LogP contribution in [0.15, 0.2) is 5.10 Å². The molecule has 3 nitrogen and oxygen atoms in total. The van der Waals surface area contributed by atoms with Crippen molar-refractivity contribution in [3.8, 4) is 0 Å². The molecular weight excluding hydrogens is 186 g/mol. The molecule has 1 saturated heterocycles. The lowest BCUT2D eigenvalue weighted by Gasteiger charge is -2.35. The van der Waals surface area contributed by atoms with Gasteiger partial charge in [-0.1, -0.05) is 27.2 Å². The monoisotopic (exact) mass is 211 g/mol. The van der Waals surface area contributed by atoms with Crippen molar-refractivity contribution < 1.29 is 0 Å². The minimum Gasteiger partial charge on any atom is -0.323 e. The molecule has 0 spiro atoms. The third kappa shape index (κ3) is 3.49. The fourth-order valence-electron chi connectivity index (χ4n) is 2.06. The normalized spacial score (nSPS) is 25.6. The van der Waals surface area contributed by atoms with Gasteiger partial charge in [0.05, 0.1) is 5.71 Å². The summed E-state index contributed by atoms with van der Waals surface area (Å²) in [7, 11) is 0. The van der Waals surface area contributed by atoms with E-state index in [9.17, 15) is 0 Å². The Hall–Kier alpha value is -0.570. The van der Waals surface area contributed by atoms with E-state index in [4.69, 9.17) is 5.84 Å². The van der Waals surface area contributed by atoms with E-state index in [1.54, 1.807) is 0 Å². The van der Waals surface area contributed by atoms with Gasteiger partial charge in [-0.05, 0) is 26.3 Å². The van der Waals surface area contributed by atoms with Crippen molar-refractivity contribution in [1.29, 1.82) is 0 Å². The van der Waals surface area contributed by atoms with Crippen LogP contribution in [0.2, 0.25) is 0 Å². The highest BCUT2D eigenvalue weighted by Gasteiger charge is 2.25. The molecule has 1 aliphatic rings. The van der Waals surface area contributed by atoms with Crippen LogP contribution in [0.25, 0.3) is 0 Å². The van der Waals surface area contributed by atoms with Crippen molar-refractivity contribution >= 4 is 5.71 Å². The second-order valence-electron chi connectivity index (χ2n) is 5.64. The number of piperidine rings is 1. The molecule has 15 heavy (non-hydrogen) atoms. The van der Waals surface area contributed by atoms with Gasteiger partial charge in [0, 0.05) is 18.0 Å². The Morgan fingerprint density at radius 3 is 2.53 bits per heavy atom. The summed E-state index contributed by atoms with van der Waals surface area (Å²) in [6, 6.07) is 0.679. The highest BCUT2D eigenvalue weighted by atomic mass is 15.2. The van der Waals surface area contributed by atoms with E-state index in [0.29, 0.717) is 6.04 Å². The fourth-order valence-corrected chi connectivity index (χ4v) is 2.06. The molecule has 1 aliphatic heterocycles. The smallest absolute Gasteiger partial charge is 0.0569 e. The van der Waals surface area contributed by atoms with E-state index < -0.39 is 0 Å². The summed E-state index contributed by atoms with van der Waals surface area (Å²) in [5.74, 6) is 5.48. The van der Waals surface area contributed by atoms with Crippen LogP contribution in [0, 0.1) is 5.41 Å². The third-order valence-electron chi connectivity index (χ3n) is 3.32. The second kappa shape index (κ2) is 4.97. The quantitative estimate of drug-likeness (QED) is 0.432. The van der Waals surface area contributed by atoms with Gasteiger partial charge >= 0.3 is 0 Å². The summed E-state index contributed by atoms with van der Waals surface area (Å²) in [5, 5.41) is 3.96. The van der Waals surface area contributed by atoms with Gasteiger partial charge in [0.15, 0.2) is 0 Å². The van der Waals surface area contributed by atoms with Crippen molar-refractivity contribution in [3.05, 3.63) is 0 Å². The number of hydrogen-bond donors (Lipinski definition) is 1. The number of nitrogens with zero attached hydrogens (tertiary/aromatic N) is 2. The maximum Gasteiger partial charge on any atom is 0.0569 e. The Balaban J connectivity index is 2.59. The van der Waals surface area contributed by atoms with E-state index in [1.807, 2.05) is 0 Å². The van der Waals surface area contributed by atoms with Crippen LogP contribution < -0.4 is 5.84 Å². The predicted molar refractivity (Wildman–Crippen MR) is 66.0 cm³/mol. The molecule has 0 bridgehead atoms. The maximum absolute atomic E-state index is 5.48. The van der Waals surface area contributed by atoms with Crippen LogP contribution in [-0.2, 0) is 0 Å². The Morgan fingerprint density at radius 1 is 1.40 bits per heavy atom. The molecule has 0 aromatic rings. The number of nitrogens with two attached hydrogens (primary N) is 1. The van der Waals surface area contributed by atoms with Crippen LogP contribution >= 0.6 is 0 Å². The number of rotatable bonds is 2. The first-order chi connectivity index (χ1) is 6.95. The SMILES string of the molecule is CC1CCCCN1CC(=NN)C(C)(C)C. The van der Waals surface area contributed by atoms with Gasteiger partial charge in [0.1, 0.15) is 0 Å². The molecular formula is C12H25N3. The van der Waals surface area contributed by atoms with E-state index in [2.05, 4.69) is 37.7 Å². The summed E-state index contributed by atoms with van der Waals surface area (Å²) in [5.41, 5.74) is 1.20. The molecule has 0 aliphatic carbocycles. The molecule has 1 unspecified atom stereocenters. The summed E-state index contributed by atoms with van der Waals surface area (Å²) in [6.45, 7) is 10.9. The topological polar surface area (TPSA) is 41.6 Å². The highest BCUT2D eigenvalue weighted by molar-refractivity contribution is 5.90. The van der Waals surface area contributed by atoms with E-state index in [-0.39, 0.29) is 5.41 Å². The average Bonchev–Trinajstić information content (AvgIpc) is 2.14. The standard InChI is InChI=1S/C12H25N3/c1-10-7-5-6-8-15(10)9-11(14-13)12(2,3)4/h10H,5-9,13H2,1-4H3. The van der Waals surface area contributed by atoms with Crippen LogP contribution in [0.1, 0.15) is 47.0 Å². The van der Waals surface area contributed by atoms with Gasteiger partial charge < -0.3 is 5.84 Å². The summed E-state index contributed by atoms with van der Waals surface area (Å²) in [4.78, 5) is 2.50. The van der Waals surface area contributed by atoms with Gasteiger partial charge in [-0.25, -0.2) is 0 Å². The fraction of sp³-hybridized carbons (Fsp3) is 0.917. The van der Waals surface area contributed by atoms with Crippen LogP contribution in [0.3, 0.4) is 0 Å². The first kappa shape index (κ1) is 12.5. The molecule has 1 fully saturated rings. The second-order valence-corrected chi connectivity index (χ2v) is 5.64.